The van der Waals surface area contributed by atoms with E-state index in [0.717, 1.165) is 56.6 Å². The lowest BCUT2D eigenvalue weighted by Crippen LogP contribution is -2.27. The van der Waals surface area contributed by atoms with Gasteiger partial charge in [-0.3, -0.25) is 0 Å². The van der Waals surface area contributed by atoms with E-state index < -0.39 is 58.5 Å². The van der Waals surface area contributed by atoms with E-state index in [1.54, 1.807) is 0 Å². The molecule has 2 saturated carbocycles. The lowest BCUT2D eigenvalue weighted by Gasteiger charge is -2.38. The Hall–Kier alpha value is -3.11. The van der Waals surface area contributed by atoms with Gasteiger partial charge in [-0.25, -0.2) is 17.6 Å². The molecule has 230 valence electrons. The molecule has 0 bridgehead atoms. The molecule has 0 aromatic heterocycles. The summed E-state index contributed by atoms with van der Waals surface area (Å²) >= 11 is 0. The summed E-state index contributed by atoms with van der Waals surface area (Å²) in [5.41, 5.74) is -1.52. The Morgan fingerprint density at radius 1 is 0.786 bits per heavy atom. The van der Waals surface area contributed by atoms with Gasteiger partial charge in [0, 0.05) is 12.1 Å². The second-order valence-electron chi connectivity index (χ2n) is 11.1. The standard InChI is InChI=1S/C31H31F9O2/c1-2-3-4-17-5-7-18(8-6-17)19-9-11-20(12-10-19)21-13-23(32)27(24(33)14-21)31(39,40)42-22-15-25(34)28(26(35)16-22)41-30(38)29(36)37/h2,13-20H,1,3-12H2. The Morgan fingerprint density at radius 2 is 1.31 bits per heavy atom. The Balaban J connectivity index is 1.41. The summed E-state index contributed by atoms with van der Waals surface area (Å²) in [6, 6.07) is -0.807. The Bertz CT molecular complexity index is 1240. The number of rotatable bonds is 10. The maximum absolute atomic E-state index is 14.9. The summed E-state index contributed by atoms with van der Waals surface area (Å²) in [7, 11) is 0. The van der Waals surface area contributed by atoms with Crippen LogP contribution < -0.4 is 9.47 Å². The smallest absolute Gasteiger partial charge is 0.429 e. The zero-order valence-corrected chi connectivity index (χ0v) is 22.7. The Kier molecular flexibility index (Phi) is 10.2. The van der Waals surface area contributed by atoms with Crippen LogP contribution in [0.2, 0.25) is 0 Å². The van der Waals surface area contributed by atoms with E-state index in [2.05, 4.69) is 16.1 Å². The second-order valence-corrected chi connectivity index (χ2v) is 11.1. The van der Waals surface area contributed by atoms with Crippen LogP contribution in [0.5, 0.6) is 11.5 Å². The molecule has 0 saturated heterocycles. The predicted octanol–water partition coefficient (Wildman–Crippen LogP) is 10.8. The normalized spacial score (nSPS) is 22.9. The maximum atomic E-state index is 14.9. The molecule has 0 aliphatic heterocycles. The molecule has 0 amide bonds. The average Bonchev–Trinajstić information content (AvgIpc) is 2.93. The van der Waals surface area contributed by atoms with Gasteiger partial charge in [0.15, 0.2) is 11.6 Å². The largest absolute Gasteiger partial charge is 0.432 e. The van der Waals surface area contributed by atoms with Crippen LogP contribution in [0.3, 0.4) is 0 Å². The Labute approximate surface area is 238 Å². The molecule has 0 spiro atoms. The fraction of sp³-hybridized carbons (Fsp3) is 0.484. The molecule has 2 aliphatic rings. The molecular formula is C31H31F9O2. The third-order valence-electron chi connectivity index (χ3n) is 8.49. The minimum absolute atomic E-state index is 0.0755. The van der Waals surface area contributed by atoms with Gasteiger partial charge < -0.3 is 9.47 Å². The highest BCUT2D eigenvalue weighted by Gasteiger charge is 2.42. The topological polar surface area (TPSA) is 18.5 Å². The van der Waals surface area contributed by atoms with Crippen molar-refractivity contribution in [3.8, 4) is 11.5 Å². The number of hydrogen-bond donors (Lipinski definition) is 0. The van der Waals surface area contributed by atoms with Gasteiger partial charge in [0.1, 0.15) is 22.9 Å². The van der Waals surface area contributed by atoms with Gasteiger partial charge in [0.25, 0.3) is 0 Å². The molecule has 42 heavy (non-hydrogen) atoms. The van der Waals surface area contributed by atoms with E-state index in [-0.39, 0.29) is 23.6 Å². The third-order valence-corrected chi connectivity index (χ3v) is 8.49. The van der Waals surface area contributed by atoms with E-state index in [0.29, 0.717) is 24.7 Å². The minimum atomic E-state index is -4.72. The van der Waals surface area contributed by atoms with E-state index in [1.807, 2.05) is 6.08 Å². The monoisotopic (exact) mass is 606 g/mol. The lowest BCUT2D eigenvalue weighted by molar-refractivity contribution is -0.189. The summed E-state index contributed by atoms with van der Waals surface area (Å²) in [5.74, 6) is -8.17. The molecule has 0 N–H and O–H groups in total. The third kappa shape index (κ3) is 7.45. The zero-order chi connectivity index (χ0) is 30.6. The van der Waals surface area contributed by atoms with Crippen LogP contribution in [0.4, 0.5) is 39.5 Å². The van der Waals surface area contributed by atoms with Gasteiger partial charge in [-0.15, -0.1) is 6.58 Å². The molecule has 0 radical (unpaired) electrons. The van der Waals surface area contributed by atoms with Gasteiger partial charge in [-0.1, -0.05) is 18.9 Å². The SMILES string of the molecule is C=CCCC1CCC(C2CCC(c3cc(F)c(C(F)(F)Oc4cc(F)c(OC(F)=C(F)F)c(F)c4)c(F)c3)CC2)CC1. The molecule has 0 atom stereocenters. The first-order valence-electron chi connectivity index (χ1n) is 13.9. The van der Waals surface area contributed by atoms with Crippen molar-refractivity contribution in [3.05, 3.63) is 83.4 Å². The van der Waals surface area contributed by atoms with Crippen LogP contribution in [0.15, 0.2) is 49.0 Å². The van der Waals surface area contributed by atoms with Crippen molar-refractivity contribution in [1.29, 1.82) is 0 Å². The van der Waals surface area contributed by atoms with Gasteiger partial charge in [-0.05, 0) is 92.7 Å². The highest BCUT2D eigenvalue weighted by atomic mass is 19.3. The highest BCUT2D eigenvalue weighted by molar-refractivity contribution is 5.37. The van der Waals surface area contributed by atoms with Crippen molar-refractivity contribution in [2.75, 3.05) is 0 Å². The summed E-state index contributed by atoms with van der Waals surface area (Å²) < 4.78 is 133. The van der Waals surface area contributed by atoms with Crippen molar-refractivity contribution < 1.29 is 49.0 Å². The van der Waals surface area contributed by atoms with E-state index in [1.165, 1.54) is 12.8 Å². The first-order valence-corrected chi connectivity index (χ1v) is 13.9. The number of hydrogen-bond acceptors (Lipinski definition) is 2. The highest BCUT2D eigenvalue weighted by Crippen LogP contribution is 2.46. The van der Waals surface area contributed by atoms with Crippen molar-refractivity contribution >= 4 is 0 Å². The van der Waals surface area contributed by atoms with Gasteiger partial charge in [-0.2, -0.15) is 22.0 Å². The first kappa shape index (κ1) is 31.8. The van der Waals surface area contributed by atoms with Crippen LogP contribution in [0, 0.1) is 41.0 Å². The Morgan fingerprint density at radius 3 is 1.81 bits per heavy atom. The van der Waals surface area contributed by atoms with Crippen molar-refractivity contribution in [3.63, 3.8) is 0 Å². The summed E-state index contributed by atoms with van der Waals surface area (Å²) in [5, 5.41) is 0. The fourth-order valence-electron chi connectivity index (χ4n) is 6.35. The van der Waals surface area contributed by atoms with E-state index in [4.69, 9.17) is 0 Å². The predicted molar refractivity (Wildman–Crippen MR) is 138 cm³/mol. The molecule has 2 aromatic carbocycles. The first-order chi connectivity index (χ1) is 19.9. The van der Waals surface area contributed by atoms with Gasteiger partial charge in [0.05, 0.1) is 0 Å². The molecule has 4 rings (SSSR count). The average molecular weight is 607 g/mol. The molecule has 11 heteroatoms. The van der Waals surface area contributed by atoms with Crippen LogP contribution in [0.25, 0.3) is 0 Å². The zero-order valence-electron chi connectivity index (χ0n) is 22.7. The molecule has 2 aromatic rings. The number of ether oxygens (including phenoxy) is 2. The number of benzene rings is 2. The lowest BCUT2D eigenvalue weighted by atomic mass is 9.68. The molecule has 2 fully saturated rings. The van der Waals surface area contributed by atoms with Crippen molar-refractivity contribution in [1.82, 2.24) is 0 Å². The van der Waals surface area contributed by atoms with Crippen LogP contribution in [-0.2, 0) is 6.11 Å². The number of halogens is 9. The molecule has 0 unspecified atom stereocenters. The maximum Gasteiger partial charge on any atom is 0.432 e. The number of alkyl halides is 2. The van der Waals surface area contributed by atoms with Crippen molar-refractivity contribution in [2.45, 2.75) is 76.2 Å². The van der Waals surface area contributed by atoms with E-state index >= 15 is 0 Å². The molecule has 2 aliphatic carbocycles. The van der Waals surface area contributed by atoms with Crippen LogP contribution in [0.1, 0.15) is 81.3 Å². The number of allylic oxidation sites excluding steroid dienone is 1. The summed E-state index contributed by atoms with van der Waals surface area (Å²) in [6.45, 7) is 3.78. The van der Waals surface area contributed by atoms with Crippen LogP contribution >= 0.6 is 0 Å². The minimum Gasteiger partial charge on any atom is -0.429 e. The molecule has 2 nitrogen and oxygen atoms in total. The molecule has 0 heterocycles. The molecular weight excluding hydrogens is 575 g/mol. The summed E-state index contributed by atoms with van der Waals surface area (Å²) in [6.07, 6.45) is 4.22. The van der Waals surface area contributed by atoms with Crippen LogP contribution in [-0.4, -0.2) is 0 Å². The van der Waals surface area contributed by atoms with Gasteiger partial charge >= 0.3 is 18.2 Å². The van der Waals surface area contributed by atoms with Gasteiger partial charge in [0.2, 0.25) is 5.75 Å². The van der Waals surface area contributed by atoms with E-state index in [9.17, 15) is 39.5 Å². The quantitative estimate of drug-likeness (QED) is 0.152. The summed E-state index contributed by atoms with van der Waals surface area (Å²) in [4.78, 5) is 0. The van der Waals surface area contributed by atoms with Crippen molar-refractivity contribution in [2.24, 2.45) is 17.8 Å². The fourth-order valence-corrected chi connectivity index (χ4v) is 6.35. The second kappa shape index (κ2) is 13.5.